The highest BCUT2D eigenvalue weighted by atomic mass is 16.5. The summed E-state index contributed by atoms with van der Waals surface area (Å²) in [6, 6.07) is -1.47. The predicted octanol–water partition coefficient (Wildman–Crippen LogP) is 2.27. The van der Waals surface area contributed by atoms with Gasteiger partial charge >= 0.3 is 12.0 Å². The Balaban J connectivity index is 1.51. The molecule has 2 heterocycles. The first kappa shape index (κ1) is 35.0. The molecule has 0 aromatic carbocycles. The third-order valence-corrected chi connectivity index (χ3v) is 9.91. The molecule has 0 radical (unpaired) electrons. The normalized spacial score (nSPS) is 24.0. The monoisotopic (exact) mass is 643 g/mol. The van der Waals surface area contributed by atoms with Gasteiger partial charge in [-0.1, -0.05) is 61.8 Å². The van der Waals surface area contributed by atoms with Crippen molar-refractivity contribution in [3.8, 4) is 0 Å². The van der Waals surface area contributed by atoms with Gasteiger partial charge in [0.1, 0.15) is 36.5 Å². The van der Waals surface area contributed by atoms with E-state index in [1.54, 1.807) is 53.7 Å². The molecule has 13 heteroatoms. The van der Waals surface area contributed by atoms with Crippen molar-refractivity contribution < 1.29 is 37.9 Å². The fraction of sp³-hybridized carbons (Fsp3) is 0.697. The molecule has 5 N–H and O–H groups in total. The highest BCUT2D eigenvalue weighted by Crippen LogP contribution is 2.65. The second-order valence-corrected chi connectivity index (χ2v) is 15.7. The van der Waals surface area contributed by atoms with Crippen LogP contribution in [0, 0.1) is 34.0 Å². The SMILES string of the molecule is CC(C)(C)[C@H](NC(=O)N[C@H](C(=O)N1C[C@H]2[C@@H]([C@H]1C(=O)NC(C(=O)C(N)=O)C1CCC1)C2(C)C)C(C)(C)C)C(=O)OCc1ccco1. The van der Waals surface area contributed by atoms with E-state index < -0.39 is 70.5 Å². The van der Waals surface area contributed by atoms with Crippen molar-refractivity contribution in [2.75, 3.05) is 6.54 Å². The lowest BCUT2D eigenvalue weighted by Gasteiger charge is -2.39. The number of piperidine rings is 1. The molecule has 0 bridgehead atoms. The Bertz CT molecular complexity index is 1350. The Hall–Kier alpha value is -3.90. The minimum Gasteiger partial charge on any atom is -0.466 e. The van der Waals surface area contributed by atoms with Gasteiger partial charge in [-0.05, 0) is 59.0 Å². The number of amides is 5. The van der Waals surface area contributed by atoms with Crippen LogP contribution in [0.5, 0.6) is 0 Å². The molecule has 13 nitrogen and oxygen atoms in total. The van der Waals surface area contributed by atoms with Gasteiger partial charge < -0.3 is 35.7 Å². The molecule has 1 unspecified atom stereocenters. The number of hydrogen-bond acceptors (Lipinski definition) is 8. The van der Waals surface area contributed by atoms with Crippen LogP contribution in [0.2, 0.25) is 0 Å². The van der Waals surface area contributed by atoms with Gasteiger partial charge in [-0.15, -0.1) is 0 Å². The van der Waals surface area contributed by atoms with E-state index in [9.17, 15) is 28.8 Å². The number of nitrogens with zero attached hydrogens (tertiary/aromatic N) is 1. The van der Waals surface area contributed by atoms with E-state index in [2.05, 4.69) is 16.0 Å². The summed E-state index contributed by atoms with van der Waals surface area (Å²) in [7, 11) is 0. The molecule has 0 spiro atoms. The van der Waals surface area contributed by atoms with E-state index in [1.807, 2.05) is 13.8 Å². The summed E-state index contributed by atoms with van der Waals surface area (Å²) >= 11 is 0. The van der Waals surface area contributed by atoms with E-state index in [-0.39, 0.29) is 29.8 Å². The van der Waals surface area contributed by atoms with Crippen LogP contribution in [0.15, 0.2) is 22.8 Å². The number of carbonyl (C=O) groups is 6. The number of rotatable bonds is 11. The highest BCUT2D eigenvalue weighted by Gasteiger charge is 2.70. The van der Waals surface area contributed by atoms with Gasteiger partial charge in [-0.25, -0.2) is 9.59 Å². The van der Waals surface area contributed by atoms with Crippen LogP contribution in [-0.2, 0) is 35.3 Å². The van der Waals surface area contributed by atoms with E-state index in [4.69, 9.17) is 14.9 Å². The van der Waals surface area contributed by atoms with Gasteiger partial charge in [0.05, 0.1) is 6.26 Å². The van der Waals surface area contributed by atoms with Gasteiger partial charge in [0.2, 0.25) is 17.6 Å². The molecule has 4 rings (SSSR count). The molecule has 2 aliphatic carbocycles. The fourth-order valence-electron chi connectivity index (χ4n) is 6.74. The molecule has 3 aliphatic rings. The number of nitrogens with one attached hydrogen (secondary N) is 3. The summed E-state index contributed by atoms with van der Waals surface area (Å²) in [5.41, 5.74) is 3.57. The predicted molar refractivity (Wildman–Crippen MR) is 166 cm³/mol. The lowest BCUT2D eigenvalue weighted by Crippen LogP contribution is -2.63. The maximum absolute atomic E-state index is 14.3. The molecule has 2 saturated carbocycles. The number of likely N-dealkylation sites (tertiary alicyclic amines) is 1. The number of nitrogens with two attached hydrogens (primary N) is 1. The van der Waals surface area contributed by atoms with Crippen LogP contribution in [0.1, 0.15) is 80.4 Å². The smallest absolute Gasteiger partial charge is 0.329 e. The van der Waals surface area contributed by atoms with Crippen molar-refractivity contribution in [2.24, 2.45) is 39.7 Å². The quantitative estimate of drug-likeness (QED) is 0.209. The zero-order valence-electron chi connectivity index (χ0n) is 28.1. The van der Waals surface area contributed by atoms with E-state index in [1.165, 1.54) is 11.2 Å². The number of urea groups is 1. The summed E-state index contributed by atoms with van der Waals surface area (Å²) in [6.07, 6.45) is 3.72. The van der Waals surface area contributed by atoms with Gasteiger partial charge in [0, 0.05) is 6.54 Å². The van der Waals surface area contributed by atoms with Gasteiger partial charge in [0.25, 0.3) is 5.91 Å². The molecule has 254 valence electrons. The second kappa shape index (κ2) is 12.7. The molecule has 5 amide bonds. The number of esters is 1. The number of furan rings is 1. The lowest BCUT2D eigenvalue weighted by molar-refractivity contribution is -0.150. The fourth-order valence-corrected chi connectivity index (χ4v) is 6.74. The van der Waals surface area contributed by atoms with E-state index in [0.29, 0.717) is 25.1 Å². The molecular formula is C33H49N5O8. The van der Waals surface area contributed by atoms with Crippen molar-refractivity contribution in [1.82, 2.24) is 20.9 Å². The van der Waals surface area contributed by atoms with Gasteiger partial charge in [-0.2, -0.15) is 0 Å². The molecule has 1 aliphatic heterocycles. The topological polar surface area (TPSA) is 190 Å². The Morgan fingerprint density at radius 3 is 2.11 bits per heavy atom. The molecule has 1 aromatic rings. The minimum absolute atomic E-state index is 0.0462. The lowest BCUT2D eigenvalue weighted by atomic mass is 9.78. The third kappa shape index (κ3) is 7.23. The van der Waals surface area contributed by atoms with Crippen LogP contribution >= 0.6 is 0 Å². The number of ketones is 1. The van der Waals surface area contributed by atoms with Crippen LogP contribution < -0.4 is 21.7 Å². The summed E-state index contributed by atoms with van der Waals surface area (Å²) in [5.74, 6) is -3.44. The zero-order valence-corrected chi connectivity index (χ0v) is 28.1. The Labute approximate surface area is 270 Å². The number of hydrogen-bond donors (Lipinski definition) is 4. The summed E-state index contributed by atoms with van der Waals surface area (Å²) < 4.78 is 10.6. The molecule has 1 saturated heterocycles. The van der Waals surface area contributed by atoms with E-state index in [0.717, 1.165) is 6.42 Å². The van der Waals surface area contributed by atoms with E-state index >= 15 is 0 Å². The standard InChI is InChI=1S/C33H49N5O8/c1-31(2,3)24(36-30(44)37-25(32(4,5)6)29(43)46-16-18-13-10-14-45-18)28(42)38-15-19-20(33(19,7)8)22(38)27(41)35-21(17-11-9-12-17)23(39)26(34)40/h10,13-14,17,19-22,24-25H,9,11-12,15-16H2,1-8H3,(H2,34,40)(H,35,41)(H2,36,37,44)/t19-,20-,21?,22-,24+,25+/m0/s1. The number of Topliss-reactive ketones (excluding diaryl/α,β-unsaturated/α-hetero) is 1. The summed E-state index contributed by atoms with van der Waals surface area (Å²) in [4.78, 5) is 80.5. The van der Waals surface area contributed by atoms with Crippen LogP contribution in [0.25, 0.3) is 0 Å². The van der Waals surface area contributed by atoms with Crippen molar-refractivity contribution in [1.29, 1.82) is 0 Å². The number of ether oxygens (including phenoxy) is 1. The van der Waals surface area contributed by atoms with Crippen LogP contribution in [0.3, 0.4) is 0 Å². The number of primary amides is 1. The molecule has 6 atom stereocenters. The summed E-state index contributed by atoms with van der Waals surface area (Å²) in [6.45, 7) is 15.0. The third-order valence-electron chi connectivity index (χ3n) is 9.91. The highest BCUT2D eigenvalue weighted by molar-refractivity contribution is 6.38. The maximum Gasteiger partial charge on any atom is 0.329 e. The Morgan fingerprint density at radius 1 is 1.00 bits per heavy atom. The van der Waals surface area contributed by atoms with Crippen molar-refractivity contribution in [3.63, 3.8) is 0 Å². The molecule has 3 fully saturated rings. The minimum atomic E-state index is -1.11. The van der Waals surface area contributed by atoms with Crippen LogP contribution in [-0.4, -0.2) is 71.1 Å². The Kier molecular flexibility index (Phi) is 9.66. The summed E-state index contributed by atoms with van der Waals surface area (Å²) in [5, 5.41) is 8.23. The van der Waals surface area contributed by atoms with Crippen molar-refractivity contribution >= 4 is 35.5 Å². The van der Waals surface area contributed by atoms with Gasteiger partial charge in [-0.3, -0.25) is 19.2 Å². The van der Waals surface area contributed by atoms with Crippen molar-refractivity contribution in [2.45, 2.75) is 105 Å². The van der Waals surface area contributed by atoms with Gasteiger partial charge in [0.15, 0.2) is 0 Å². The van der Waals surface area contributed by atoms with Crippen molar-refractivity contribution in [3.05, 3.63) is 24.2 Å². The second-order valence-electron chi connectivity index (χ2n) is 15.7. The Morgan fingerprint density at radius 2 is 1.61 bits per heavy atom. The molecule has 1 aromatic heterocycles. The molecular weight excluding hydrogens is 594 g/mol. The zero-order chi connectivity index (χ0) is 34.4. The molecule has 46 heavy (non-hydrogen) atoms. The maximum atomic E-state index is 14.3. The first-order valence-electron chi connectivity index (χ1n) is 16.0. The first-order valence-corrected chi connectivity index (χ1v) is 16.0. The average Bonchev–Trinajstić information content (AvgIpc) is 3.35. The van der Waals surface area contributed by atoms with Crippen LogP contribution in [0.4, 0.5) is 4.79 Å². The number of fused-ring (bicyclic) bond motifs is 1. The largest absolute Gasteiger partial charge is 0.466 e. The number of carbonyl (C=O) groups excluding carboxylic acids is 6. The first-order chi connectivity index (χ1) is 21.2. The average molecular weight is 644 g/mol.